The molecular weight excluding hydrogens is 236 g/mol. The Morgan fingerprint density at radius 2 is 2.47 bits per heavy atom. The topological polar surface area (TPSA) is 71.7 Å². The van der Waals surface area contributed by atoms with Gasteiger partial charge in [-0.3, -0.25) is 5.43 Å². The number of hydrogen-bond donors (Lipinski definition) is 3. The number of methoxy groups -OCH3 is 1. The quantitative estimate of drug-likeness (QED) is 0.235. The number of guanidine groups is 1. The highest BCUT2D eigenvalue weighted by Crippen LogP contribution is 2.21. The van der Waals surface area contributed by atoms with E-state index in [-0.39, 0.29) is 6.04 Å². The van der Waals surface area contributed by atoms with Crippen molar-refractivity contribution in [1.82, 2.24) is 10.7 Å². The van der Waals surface area contributed by atoms with Crippen LogP contribution < -0.4 is 16.6 Å². The maximum atomic E-state index is 5.43. The van der Waals surface area contributed by atoms with Crippen LogP contribution in [0, 0.1) is 0 Å². The largest absolute Gasteiger partial charge is 0.383 e. The summed E-state index contributed by atoms with van der Waals surface area (Å²) in [4.78, 5) is 5.56. The van der Waals surface area contributed by atoms with E-state index in [0.717, 1.165) is 6.42 Å². The zero-order valence-corrected chi connectivity index (χ0v) is 11.1. The lowest BCUT2D eigenvalue weighted by Gasteiger charge is -2.17. The van der Waals surface area contributed by atoms with Crippen LogP contribution in [0.5, 0.6) is 0 Å². The molecule has 5 nitrogen and oxygen atoms in total. The number of rotatable bonds is 6. The normalized spacial score (nSPS) is 13.5. The highest BCUT2D eigenvalue weighted by molar-refractivity contribution is 7.10. The van der Waals surface area contributed by atoms with E-state index in [1.807, 2.05) is 6.07 Å². The van der Waals surface area contributed by atoms with Gasteiger partial charge < -0.3 is 10.1 Å². The number of hydrazine groups is 1. The molecule has 0 aliphatic carbocycles. The summed E-state index contributed by atoms with van der Waals surface area (Å²) in [5, 5.41) is 5.35. The van der Waals surface area contributed by atoms with Gasteiger partial charge in [-0.05, 0) is 17.9 Å². The van der Waals surface area contributed by atoms with Crippen molar-refractivity contribution in [2.75, 3.05) is 20.3 Å². The Balaban J connectivity index is 2.56. The van der Waals surface area contributed by atoms with Crippen LogP contribution in [0.3, 0.4) is 0 Å². The molecule has 6 heteroatoms. The van der Waals surface area contributed by atoms with E-state index in [2.05, 4.69) is 34.1 Å². The third-order valence-corrected chi connectivity index (χ3v) is 3.29. The number of ether oxygens (including phenoxy) is 1. The molecule has 0 bridgehead atoms. The van der Waals surface area contributed by atoms with Gasteiger partial charge >= 0.3 is 0 Å². The molecule has 4 N–H and O–H groups in total. The van der Waals surface area contributed by atoms with Crippen molar-refractivity contribution in [3.05, 3.63) is 22.4 Å². The molecular formula is C11H20N4OS. The summed E-state index contributed by atoms with van der Waals surface area (Å²) in [5.74, 6) is 6.03. The Kier molecular flexibility index (Phi) is 6.61. The van der Waals surface area contributed by atoms with Crippen LogP contribution in [0.25, 0.3) is 0 Å². The number of nitrogens with two attached hydrogens (primary N) is 1. The van der Waals surface area contributed by atoms with Crippen molar-refractivity contribution in [3.8, 4) is 0 Å². The number of hydrogen-bond acceptors (Lipinski definition) is 4. The molecule has 0 radical (unpaired) electrons. The molecule has 17 heavy (non-hydrogen) atoms. The third kappa shape index (κ3) is 4.72. The molecule has 0 aromatic carbocycles. The number of nitrogens with zero attached hydrogens (tertiary/aromatic N) is 1. The molecule has 1 rings (SSSR count). The minimum absolute atomic E-state index is 0.243. The molecule has 1 aromatic heterocycles. The van der Waals surface area contributed by atoms with Crippen LogP contribution in [0.4, 0.5) is 0 Å². The van der Waals surface area contributed by atoms with E-state index in [0.29, 0.717) is 19.1 Å². The molecule has 0 saturated carbocycles. The van der Waals surface area contributed by atoms with E-state index in [1.54, 1.807) is 18.4 Å². The highest BCUT2D eigenvalue weighted by atomic mass is 32.1. The van der Waals surface area contributed by atoms with Crippen molar-refractivity contribution >= 4 is 17.3 Å². The van der Waals surface area contributed by atoms with Crippen LogP contribution in [-0.4, -0.2) is 26.2 Å². The summed E-state index contributed by atoms with van der Waals surface area (Å²) >= 11 is 1.73. The first-order valence-corrected chi connectivity index (χ1v) is 6.49. The van der Waals surface area contributed by atoms with Crippen LogP contribution in [0.15, 0.2) is 22.5 Å². The zero-order valence-electron chi connectivity index (χ0n) is 10.3. The van der Waals surface area contributed by atoms with Crippen LogP contribution >= 0.6 is 11.3 Å². The maximum absolute atomic E-state index is 5.43. The molecule has 0 saturated heterocycles. The second-order valence-corrected chi connectivity index (χ2v) is 4.47. The highest BCUT2D eigenvalue weighted by Gasteiger charge is 2.11. The van der Waals surface area contributed by atoms with Gasteiger partial charge in [0.05, 0.1) is 19.2 Å². The van der Waals surface area contributed by atoms with Gasteiger partial charge in [0.2, 0.25) is 5.96 Å². The molecule has 0 aliphatic rings. The maximum Gasteiger partial charge on any atom is 0.206 e. The smallest absolute Gasteiger partial charge is 0.206 e. The first kappa shape index (κ1) is 14.0. The summed E-state index contributed by atoms with van der Waals surface area (Å²) in [7, 11) is 1.65. The van der Waals surface area contributed by atoms with E-state index in [4.69, 9.17) is 10.6 Å². The average molecular weight is 256 g/mol. The lowest BCUT2D eigenvalue weighted by atomic mass is 10.2. The lowest BCUT2D eigenvalue weighted by Crippen LogP contribution is -2.43. The van der Waals surface area contributed by atoms with Crippen LogP contribution in [-0.2, 0) is 4.74 Å². The molecule has 0 spiro atoms. The lowest BCUT2D eigenvalue weighted by molar-refractivity contribution is 0.208. The second-order valence-electron chi connectivity index (χ2n) is 3.49. The minimum Gasteiger partial charge on any atom is -0.383 e. The van der Waals surface area contributed by atoms with Gasteiger partial charge in [0.15, 0.2) is 0 Å². The molecule has 0 amide bonds. The molecule has 1 atom stereocenters. The Hall–Kier alpha value is -1.11. The standard InChI is InChI=1S/C11H20N4OS/c1-3-9(10-5-4-8-17-10)14-11(15-12)13-6-7-16-2/h4-5,8-9H,3,6-7,12H2,1-2H3,(H2,13,14,15). The van der Waals surface area contributed by atoms with Gasteiger partial charge in [-0.15, -0.1) is 11.3 Å². The number of nitrogens with one attached hydrogen (secondary N) is 2. The predicted octanol–water partition coefficient (Wildman–Crippen LogP) is 1.25. The van der Waals surface area contributed by atoms with E-state index in [1.165, 1.54) is 4.88 Å². The number of thiophene rings is 1. The fourth-order valence-electron chi connectivity index (χ4n) is 1.41. The Morgan fingerprint density at radius 1 is 1.65 bits per heavy atom. The summed E-state index contributed by atoms with van der Waals surface area (Å²) in [6, 6.07) is 4.39. The van der Waals surface area contributed by atoms with Gasteiger partial charge in [-0.25, -0.2) is 10.8 Å². The van der Waals surface area contributed by atoms with Gasteiger partial charge in [0.1, 0.15) is 0 Å². The zero-order chi connectivity index (χ0) is 12.5. The number of aliphatic imine (C=N–C) groups is 1. The van der Waals surface area contributed by atoms with Gasteiger partial charge in [-0.1, -0.05) is 13.0 Å². The third-order valence-electron chi connectivity index (χ3n) is 2.31. The van der Waals surface area contributed by atoms with Crippen molar-refractivity contribution in [2.45, 2.75) is 19.4 Å². The molecule has 96 valence electrons. The van der Waals surface area contributed by atoms with E-state index in [9.17, 15) is 0 Å². The fourth-order valence-corrected chi connectivity index (χ4v) is 2.27. The van der Waals surface area contributed by atoms with Crippen molar-refractivity contribution in [2.24, 2.45) is 10.8 Å². The summed E-state index contributed by atoms with van der Waals surface area (Å²) in [5.41, 5.74) is 2.58. The summed E-state index contributed by atoms with van der Waals surface area (Å²) in [6.07, 6.45) is 0.978. The first-order valence-electron chi connectivity index (χ1n) is 5.61. The van der Waals surface area contributed by atoms with Gasteiger partial charge in [-0.2, -0.15) is 0 Å². The second kappa shape index (κ2) is 8.05. The Labute approximate surface area is 106 Å². The fraction of sp³-hybridized carbons (Fsp3) is 0.545. The molecule has 0 aliphatic heterocycles. The predicted molar refractivity (Wildman–Crippen MR) is 72.0 cm³/mol. The Morgan fingerprint density at radius 3 is 3.00 bits per heavy atom. The van der Waals surface area contributed by atoms with Gasteiger partial charge in [0.25, 0.3) is 0 Å². The summed E-state index contributed by atoms with van der Waals surface area (Å²) < 4.78 is 4.94. The van der Waals surface area contributed by atoms with Crippen molar-refractivity contribution < 1.29 is 4.74 Å². The average Bonchev–Trinajstić information content (AvgIpc) is 2.87. The molecule has 0 fully saturated rings. The first-order chi connectivity index (χ1) is 8.31. The minimum atomic E-state index is 0.243. The Bertz CT molecular complexity index is 326. The van der Waals surface area contributed by atoms with E-state index >= 15 is 0 Å². The molecule has 1 unspecified atom stereocenters. The molecule has 1 heterocycles. The van der Waals surface area contributed by atoms with Gasteiger partial charge in [0, 0.05) is 12.0 Å². The monoisotopic (exact) mass is 256 g/mol. The SMILES string of the molecule is CCC(NC(=NCCOC)NN)c1cccs1. The molecule has 1 aromatic rings. The van der Waals surface area contributed by atoms with Crippen LogP contribution in [0.1, 0.15) is 24.3 Å². The van der Waals surface area contributed by atoms with Crippen molar-refractivity contribution in [1.29, 1.82) is 0 Å². The van der Waals surface area contributed by atoms with Crippen LogP contribution in [0.2, 0.25) is 0 Å². The summed E-state index contributed by atoms with van der Waals surface area (Å²) in [6.45, 7) is 3.30. The van der Waals surface area contributed by atoms with Crippen molar-refractivity contribution in [3.63, 3.8) is 0 Å². The van der Waals surface area contributed by atoms with E-state index < -0.39 is 0 Å².